The molecule has 12 heavy (non-hydrogen) atoms. The summed E-state index contributed by atoms with van der Waals surface area (Å²) in [4.78, 5) is 0. The predicted molar refractivity (Wildman–Crippen MR) is 47.5 cm³/mol. The summed E-state index contributed by atoms with van der Waals surface area (Å²) in [5.74, 6) is 0.552. The van der Waals surface area contributed by atoms with Crippen LogP contribution in [0, 0.1) is 5.92 Å². The van der Waals surface area contributed by atoms with Gasteiger partial charge in [-0.3, -0.25) is 0 Å². The molecule has 0 aliphatic heterocycles. The van der Waals surface area contributed by atoms with E-state index in [-0.39, 0.29) is 12.7 Å². The van der Waals surface area contributed by atoms with Crippen LogP contribution in [-0.2, 0) is 9.84 Å². The number of hydrogen-bond acceptors (Lipinski definition) is 1. The van der Waals surface area contributed by atoms with E-state index in [0.717, 1.165) is 0 Å². The summed E-state index contributed by atoms with van der Waals surface area (Å²) >= 11 is 0. The van der Waals surface area contributed by atoms with Crippen molar-refractivity contribution >= 4 is 0 Å². The van der Waals surface area contributed by atoms with Gasteiger partial charge in [-0.2, -0.15) is 0 Å². The lowest BCUT2D eigenvalue weighted by molar-refractivity contribution is -0.0449. The molecule has 71 valence electrons. The molecule has 2 nitrogen and oxygen atoms in total. The Hall–Kier alpha value is -0.0800. The van der Waals surface area contributed by atoms with Crippen molar-refractivity contribution in [3.05, 3.63) is 0 Å². The molecule has 1 aliphatic carbocycles. The van der Waals surface area contributed by atoms with E-state index in [0.29, 0.717) is 12.5 Å². The third-order valence-corrected chi connectivity index (χ3v) is 2.72. The highest BCUT2D eigenvalue weighted by molar-refractivity contribution is 4.73. The van der Waals surface area contributed by atoms with Gasteiger partial charge in [-0.25, -0.2) is 5.11 Å². The van der Waals surface area contributed by atoms with Crippen molar-refractivity contribution in [2.24, 2.45) is 5.92 Å². The van der Waals surface area contributed by atoms with Gasteiger partial charge in [0.25, 0.3) is 0 Å². The maximum atomic E-state index is 10.8. The van der Waals surface area contributed by atoms with Crippen LogP contribution in [0.25, 0.3) is 0 Å². The molecule has 0 amide bonds. The van der Waals surface area contributed by atoms with Crippen LogP contribution in [0.2, 0.25) is 0 Å². The summed E-state index contributed by atoms with van der Waals surface area (Å²) in [5, 5.41) is 10.8. The van der Waals surface area contributed by atoms with E-state index in [9.17, 15) is 5.11 Å². The molecule has 1 atom stereocenters. The lowest BCUT2D eigenvalue weighted by Crippen LogP contribution is -2.29. The highest BCUT2D eigenvalue weighted by Gasteiger charge is 2.23. The van der Waals surface area contributed by atoms with Gasteiger partial charge in [-0.1, -0.05) is 19.3 Å². The fraction of sp³-hybridized carbons (Fsp3) is 1.00. The summed E-state index contributed by atoms with van der Waals surface area (Å²) in [7, 11) is 0. The first-order chi connectivity index (χ1) is 5.88. The SMILES string of the molecule is CCOC(C[O])C1CCCCC1. The monoisotopic (exact) mass is 171 g/mol. The third-order valence-electron chi connectivity index (χ3n) is 2.72. The molecular weight excluding hydrogens is 152 g/mol. The van der Waals surface area contributed by atoms with Gasteiger partial charge in [0.05, 0.1) is 6.10 Å². The van der Waals surface area contributed by atoms with Gasteiger partial charge in [0.15, 0.2) is 0 Å². The predicted octanol–water partition coefficient (Wildman–Crippen LogP) is 2.40. The van der Waals surface area contributed by atoms with Gasteiger partial charge in [0.2, 0.25) is 0 Å². The molecule has 0 aromatic carbocycles. The lowest BCUT2D eigenvalue weighted by atomic mass is 9.85. The van der Waals surface area contributed by atoms with Crippen LogP contribution in [0.1, 0.15) is 39.0 Å². The van der Waals surface area contributed by atoms with Crippen molar-refractivity contribution < 1.29 is 9.84 Å². The van der Waals surface area contributed by atoms with E-state index in [1.54, 1.807) is 0 Å². The molecule has 1 unspecified atom stereocenters. The van der Waals surface area contributed by atoms with Gasteiger partial charge in [-0.05, 0) is 25.7 Å². The quantitative estimate of drug-likeness (QED) is 0.638. The number of hydrogen-bond donors (Lipinski definition) is 0. The molecule has 1 aliphatic rings. The van der Waals surface area contributed by atoms with E-state index < -0.39 is 0 Å². The Kier molecular flexibility index (Phi) is 4.62. The molecule has 1 rings (SSSR count). The zero-order chi connectivity index (χ0) is 8.81. The van der Waals surface area contributed by atoms with E-state index >= 15 is 0 Å². The van der Waals surface area contributed by atoms with E-state index in [1.807, 2.05) is 6.92 Å². The van der Waals surface area contributed by atoms with Crippen LogP contribution in [0.5, 0.6) is 0 Å². The van der Waals surface area contributed by atoms with Crippen molar-refractivity contribution in [2.75, 3.05) is 13.2 Å². The molecule has 0 spiro atoms. The number of ether oxygens (including phenoxy) is 1. The van der Waals surface area contributed by atoms with Crippen LogP contribution >= 0.6 is 0 Å². The summed E-state index contributed by atoms with van der Waals surface area (Å²) in [6, 6.07) is 0. The third kappa shape index (κ3) is 2.76. The molecule has 1 saturated carbocycles. The van der Waals surface area contributed by atoms with Gasteiger partial charge in [0, 0.05) is 6.61 Å². The van der Waals surface area contributed by atoms with Gasteiger partial charge in [-0.15, -0.1) is 0 Å². The van der Waals surface area contributed by atoms with E-state index in [4.69, 9.17) is 4.74 Å². The second-order valence-corrected chi connectivity index (χ2v) is 3.56. The van der Waals surface area contributed by atoms with Gasteiger partial charge in [0.1, 0.15) is 6.61 Å². The first kappa shape index (κ1) is 10.0. The maximum Gasteiger partial charge on any atom is 0.109 e. The molecule has 0 N–H and O–H groups in total. The Morgan fingerprint density at radius 3 is 2.50 bits per heavy atom. The van der Waals surface area contributed by atoms with E-state index in [1.165, 1.54) is 32.1 Å². The minimum Gasteiger partial charge on any atom is -0.376 e. The molecule has 0 saturated heterocycles. The van der Waals surface area contributed by atoms with Crippen molar-refractivity contribution in [3.63, 3.8) is 0 Å². The normalized spacial score (nSPS) is 22.5. The minimum absolute atomic E-state index is 0.00435. The first-order valence-electron chi connectivity index (χ1n) is 5.08. The van der Waals surface area contributed by atoms with Crippen molar-refractivity contribution in [2.45, 2.75) is 45.1 Å². The molecule has 0 heterocycles. The summed E-state index contributed by atoms with van der Waals surface area (Å²) in [6.45, 7) is 2.59. The highest BCUT2D eigenvalue weighted by atomic mass is 16.5. The summed E-state index contributed by atoms with van der Waals surface area (Å²) in [5.41, 5.74) is 0. The molecule has 1 radical (unpaired) electrons. The van der Waals surface area contributed by atoms with E-state index in [2.05, 4.69) is 0 Å². The van der Waals surface area contributed by atoms with Gasteiger partial charge < -0.3 is 4.74 Å². The Balaban J connectivity index is 2.29. The average molecular weight is 171 g/mol. The molecule has 0 aromatic heterocycles. The van der Waals surface area contributed by atoms with Crippen molar-refractivity contribution in [3.8, 4) is 0 Å². The Bertz CT molecular complexity index is 106. The highest BCUT2D eigenvalue weighted by Crippen LogP contribution is 2.27. The standard InChI is InChI=1S/C10H19O2/c1-2-12-10(8-11)9-6-4-3-5-7-9/h9-10H,2-8H2,1H3. The molecule has 2 heteroatoms. The van der Waals surface area contributed by atoms with Gasteiger partial charge >= 0.3 is 0 Å². The Morgan fingerprint density at radius 2 is 2.00 bits per heavy atom. The first-order valence-corrected chi connectivity index (χ1v) is 5.08. The van der Waals surface area contributed by atoms with Crippen LogP contribution in [0.3, 0.4) is 0 Å². The Labute approximate surface area is 74.9 Å². The topological polar surface area (TPSA) is 29.1 Å². The zero-order valence-electron chi connectivity index (χ0n) is 7.92. The molecule has 0 bridgehead atoms. The minimum atomic E-state index is -0.0570. The Morgan fingerprint density at radius 1 is 1.33 bits per heavy atom. The molecule has 0 aromatic rings. The molecule has 1 fully saturated rings. The fourth-order valence-corrected chi connectivity index (χ4v) is 2.04. The smallest absolute Gasteiger partial charge is 0.109 e. The van der Waals surface area contributed by atoms with Crippen LogP contribution < -0.4 is 0 Å². The second-order valence-electron chi connectivity index (χ2n) is 3.56. The zero-order valence-corrected chi connectivity index (χ0v) is 7.92. The average Bonchev–Trinajstić information content (AvgIpc) is 2.15. The number of rotatable bonds is 4. The maximum absolute atomic E-state index is 10.8. The van der Waals surface area contributed by atoms with Crippen LogP contribution in [-0.4, -0.2) is 19.3 Å². The van der Waals surface area contributed by atoms with Crippen LogP contribution in [0.4, 0.5) is 0 Å². The second kappa shape index (κ2) is 5.55. The van der Waals surface area contributed by atoms with Crippen molar-refractivity contribution in [1.82, 2.24) is 0 Å². The summed E-state index contributed by atoms with van der Waals surface area (Å²) in [6.07, 6.45) is 6.31. The van der Waals surface area contributed by atoms with Crippen molar-refractivity contribution in [1.29, 1.82) is 0 Å². The largest absolute Gasteiger partial charge is 0.376 e. The lowest BCUT2D eigenvalue weighted by Gasteiger charge is -2.28. The fourth-order valence-electron chi connectivity index (χ4n) is 2.04. The molecular formula is C10H19O2. The summed E-state index contributed by atoms with van der Waals surface area (Å²) < 4.78 is 5.42. The van der Waals surface area contributed by atoms with Crippen LogP contribution in [0.15, 0.2) is 0 Å².